The summed E-state index contributed by atoms with van der Waals surface area (Å²) in [6, 6.07) is 17.5. The van der Waals surface area contributed by atoms with Crippen LogP contribution in [0.5, 0.6) is 0 Å². The number of nitriles is 1. The molecular formula is C21H22ClN3O. The average Bonchev–Trinajstić information content (AvgIpc) is 2.66. The third kappa shape index (κ3) is 5.08. The maximum absolute atomic E-state index is 12.6. The molecule has 3 rings (SSSR count). The standard InChI is InChI=1S/C21H22ClN3O/c22-19-7-3-17(4-8-19)14-25-13-1-2-18(15-25)21(26)24-20-9-5-16(6-10-20)11-12-23/h3-10,18H,1-2,11,13-15H2,(H,24,26)/t18-/m1/s1. The topological polar surface area (TPSA) is 56.1 Å². The van der Waals surface area contributed by atoms with Gasteiger partial charge in [-0.2, -0.15) is 5.26 Å². The van der Waals surface area contributed by atoms with E-state index in [1.807, 2.05) is 48.5 Å². The van der Waals surface area contributed by atoms with E-state index in [-0.39, 0.29) is 11.8 Å². The van der Waals surface area contributed by atoms with E-state index < -0.39 is 0 Å². The fourth-order valence-electron chi connectivity index (χ4n) is 3.30. The smallest absolute Gasteiger partial charge is 0.228 e. The summed E-state index contributed by atoms with van der Waals surface area (Å²) in [6.07, 6.45) is 2.32. The number of benzene rings is 2. The molecule has 0 spiro atoms. The molecule has 1 N–H and O–H groups in total. The number of likely N-dealkylation sites (tertiary alicyclic amines) is 1. The number of anilines is 1. The van der Waals surface area contributed by atoms with Gasteiger partial charge in [0.15, 0.2) is 0 Å². The molecule has 1 saturated heterocycles. The van der Waals surface area contributed by atoms with E-state index in [1.54, 1.807) is 0 Å². The highest BCUT2D eigenvalue weighted by Gasteiger charge is 2.25. The summed E-state index contributed by atoms with van der Waals surface area (Å²) in [5.74, 6) is 0.0636. The minimum absolute atomic E-state index is 0.00478. The van der Waals surface area contributed by atoms with E-state index >= 15 is 0 Å². The Bertz CT molecular complexity index is 780. The van der Waals surface area contributed by atoms with Crippen LogP contribution in [-0.2, 0) is 17.8 Å². The van der Waals surface area contributed by atoms with Crippen molar-refractivity contribution >= 4 is 23.2 Å². The van der Waals surface area contributed by atoms with Gasteiger partial charge in [-0.15, -0.1) is 0 Å². The van der Waals surface area contributed by atoms with Crippen LogP contribution in [0.4, 0.5) is 5.69 Å². The molecule has 4 nitrogen and oxygen atoms in total. The van der Waals surface area contributed by atoms with Crippen LogP contribution >= 0.6 is 11.6 Å². The summed E-state index contributed by atoms with van der Waals surface area (Å²) in [6.45, 7) is 2.61. The number of carbonyl (C=O) groups is 1. The van der Waals surface area contributed by atoms with E-state index in [1.165, 1.54) is 5.56 Å². The zero-order chi connectivity index (χ0) is 18.4. The summed E-state index contributed by atoms with van der Waals surface area (Å²) in [4.78, 5) is 14.9. The molecule has 26 heavy (non-hydrogen) atoms. The summed E-state index contributed by atoms with van der Waals surface area (Å²) in [5.41, 5.74) is 2.95. The monoisotopic (exact) mass is 367 g/mol. The van der Waals surface area contributed by atoms with Crippen LogP contribution in [0.3, 0.4) is 0 Å². The van der Waals surface area contributed by atoms with Gasteiger partial charge in [-0.25, -0.2) is 0 Å². The first-order valence-corrected chi connectivity index (χ1v) is 9.25. The SMILES string of the molecule is N#CCc1ccc(NC(=O)[C@@H]2CCCN(Cc3ccc(Cl)cc3)C2)cc1. The molecule has 0 bridgehead atoms. The molecule has 1 heterocycles. The Morgan fingerprint density at radius 3 is 2.54 bits per heavy atom. The van der Waals surface area contributed by atoms with Gasteiger partial charge in [-0.05, 0) is 54.8 Å². The van der Waals surface area contributed by atoms with Crippen molar-refractivity contribution in [2.24, 2.45) is 5.92 Å². The van der Waals surface area contributed by atoms with E-state index in [9.17, 15) is 4.79 Å². The number of nitrogens with zero attached hydrogens (tertiary/aromatic N) is 2. The zero-order valence-corrected chi connectivity index (χ0v) is 15.4. The summed E-state index contributed by atoms with van der Waals surface area (Å²) >= 11 is 5.94. The van der Waals surface area contributed by atoms with Crippen molar-refractivity contribution in [2.75, 3.05) is 18.4 Å². The Hall–Kier alpha value is -2.35. The van der Waals surface area contributed by atoms with Gasteiger partial charge in [0.2, 0.25) is 5.91 Å². The van der Waals surface area contributed by atoms with E-state index in [4.69, 9.17) is 16.9 Å². The highest BCUT2D eigenvalue weighted by Crippen LogP contribution is 2.21. The van der Waals surface area contributed by atoms with Gasteiger partial charge in [0.25, 0.3) is 0 Å². The zero-order valence-electron chi connectivity index (χ0n) is 14.6. The van der Waals surface area contributed by atoms with Gasteiger partial charge in [0.1, 0.15) is 0 Å². The highest BCUT2D eigenvalue weighted by atomic mass is 35.5. The number of hydrogen-bond acceptors (Lipinski definition) is 3. The second-order valence-corrected chi connectivity index (χ2v) is 7.16. The van der Waals surface area contributed by atoms with Crippen molar-refractivity contribution < 1.29 is 4.79 Å². The van der Waals surface area contributed by atoms with Crippen LogP contribution in [0.25, 0.3) is 0 Å². The van der Waals surface area contributed by atoms with Gasteiger partial charge in [-0.3, -0.25) is 9.69 Å². The fourth-order valence-corrected chi connectivity index (χ4v) is 3.43. The van der Waals surface area contributed by atoms with E-state index in [2.05, 4.69) is 16.3 Å². The Morgan fingerprint density at radius 2 is 1.85 bits per heavy atom. The molecular weight excluding hydrogens is 346 g/mol. The molecule has 1 amide bonds. The maximum atomic E-state index is 12.6. The quantitative estimate of drug-likeness (QED) is 0.859. The largest absolute Gasteiger partial charge is 0.326 e. The molecule has 2 aromatic rings. The van der Waals surface area contributed by atoms with Crippen molar-refractivity contribution in [3.8, 4) is 6.07 Å². The lowest BCUT2D eigenvalue weighted by atomic mass is 9.96. The van der Waals surface area contributed by atoms with Gasteiger partial charge in [0, 0.05) is 23.8 Å². The number of hydrogen-bond donors (Lipinski definition) is 1. The Kier molecular flexibility index (Phi) is 6.27. The molecule has 1 atom stereocenters. The molecule has 0 aliphatic carbocycles. The molecule has 2 aromatic carbocycles. The van der Waals surface area contributed by atoms with Crippen molar-refractivity contribution in [1.29, 1.82) is 5.26 Å². The number of nitrogens with one attached hydrogen (secondary N) is 1. The molecule has 0 saturated carbocycles. The molecule has 0 unspecified atom stereocenters. The predicted molar refractivity (Wildman–Crippen MR) is 104 cm³/mol. The second-order valence-electron chi connectivity index (χ2n) is 6.72. The number of carbonyl (C=O) groups excluding carboxylic acids is 1. The predicted octanol–water partition coefficient (Wildman–Crippen LogP) is 4.26. The minimum Gasteiger partial charge on any atom is -0.326 e. The molecule has 134 valence electrons. The molecule has 0 radical (unpaired) electrons. The van der Waals surface area contributed by atoms with E-state index in [0.29, 0.717) is 6.42 Å². The lowest BCUT2D eigenvalue weighted by Crippen LogP contribution is -2.40. The van der Waals surface area contributed by atoms with Gasteiger partial charge >= 0.3 is 0 Å². The number of amides is 1. The highest BCUT2D eigenvalue weighted by molar-refractivity contribution is 6.30. The van der Waals surface area contributed by atoms with Crippen LogP contribution in [0.1, 0.15) is 24.0 Å². The third-order valence-corrected chi connectivity index (χ3v) is 4.95. The number of halogens is 1. The van der Waals surface area contributed by atoms with Crippen LogP contribution in [0, 0.1) is 17.2 Å². The average molecular weight is 368 g/mol. The Balaban J connectivity index is 1.55. The van der Waals surface area contributed by atoms with Gasteiger partial charge in [-0.1, -0.05) is 35.9 Å². The normalized spacial score (nSPS) is 17.5. The first-order valence-electron chi connectivity index (χ1n) is 8.87. The molecule has 5 heteroatoms. The lowest BCUT2D eigenvalue weighted by molar-refractivity contribution is -0.121. The van der Waals surface area contributed by atoms with Crippen molar-refractivity contribution in [1.82, 2.24) is 4.90 Å². The van der Waals surface area contributed by atoms with Crippen molar-refractivity contribution in [3.05, 3.63) is 64.7 Å². The second kappa shape index (κ2) is 8.84. The van der Waals surface area contributed by atoms with Crippen molar-refractivity contribution in [3.63, 3.8) is 0 Å². The molecule has 0 aromatic heterocycles. The van der Waals surface area contributed by atoms with Crippen LogP contribution in [-0.4, -0.2) is 23.9 Å². The molecule has 1 fully saturated rings. The Labute approximate surface area is 159 Å². The first-order chi connectivity index (χ1) is 12.6. The number of piperidine rings is 1. The van der Waals surface area contributed by atoms with E-state index in [0.717, 1.165) is 48.7 Å². The summed E-state index contributed by atoms with van der Waals surface area (Å²) in [7, 11) is 0. The summed E-state index contributed by atoms with van der Waals surface area (Å²) in [5, 5.41) is 12.5. The van der Waals surface area contributed by atoms with Crippen LogP contribution in [0.2, 0.25) is 5.02 Å². The lowest BCUT2D eigenvalue weighted by Gasteiger charge is -2.32. The van der Waals surface area contributed by atoms with Crippen LogP contribution in [0.15, 0.2) is 48.5 Å². The molecule has 1 aliphatic heterocycles. The first kappa shape index (κ1) is 18.4. The minimum atomic E-state index is -0.00478. The van der Waals surface area contributed by atoms with Gasteiger partial charge < -0.3 is 5.32 Å². The summed E-state index contributed by atoms with van der Waals surface area (Å²) < 4.78 is 0. The van der Waals surface area contributed by atoms with Gasteiger partial charge in [0.05, 0.1) is 18.4 Å². The van der Waals surface area contributed by atoms with Crippen LogP contribution < -0.4 is 5.32 Å². The van der Waals surface area contributed by atoms with Crippen molar-refractivity contribution in [2.45, 2.75) is 25.8 Å². The fraction of sp³-hybridized carbons (Fsp3) is 0.333. The molecule has 1 aliphatic rings. The Morgan fingerprint density at radius 1 is 1.15 bits per heavy atom. The maximum Gasteiger partial charge on any atom is 0.228 e. The third-order valence-electron chi connectivity index (χ3n) is 4.70. The number of rotatable bonds is 5.